The minimum Gasteiger partial charge on any atom is -0.497 e. The number of methoxy groups -OCH3 is 1. The third kappa shape index (κ3) is 4.94. The summed E-state index contributed by atoms with van der Waals surface area (Å²) in [5.41, 5.74) is 5.24. The van der Waals surface area contributed by atoms with Crippen molar-refractivity contribution in [2.24, 2.45) is 23.7 Å². The minimum atomic E-state index is -0.648. The molecule has 232 valence electrons. The summed E-state index contributed by atoms with van der Waals surface area (Å²) in [5, 5.41) is 0.604. The lowest BCUT2D eigenvalue weighted by atomic mass is 9.82. The first-order chi connectivity index (χ1) is 22.2. The van der Waals surface area contributed by atoms with Gasteiger partial charge in [0.1, 0.15) is 5.75 Å². The standard InChI is InChI=1S/C37H31BrN2O6/c1-4-20-14-24(38)16-28-29(37(44)46-18-31(41)22-7-11-26(45-3)12-8-22)17-30(39-34(20)28)21-5-9-25(10-6-21)40-35(42)32-23-13-19(2)27(15-23)33(32)36(40)43/h5-14,16-17,23,27,32-33H,4,15,18H2,1-3H3. The van der Waals surface area contributed by atoms with Crippen LogP contribution in [0.2, 0.25) is 0 Å². The summed E-state index contributed by atoms with van der Waals surface area (Å²) >= 11 is 3.55. The van der Waals surface area contributed by atoms with Crippen molar-refractivity contribution >= 4 is 56.1 Å². The first kappa shape index (κ1) is 30.0. The largest absolute Gasteiger partial charge is 0.497 e. The van der Waals surface area contributed by atoms with Gasteiger partial charge in [-0.1, -0.05) is 46.6 Å². The van der Waals surface area contributed by atoms with Crippen LogP contribution in [0.15, 0.2) is 82.9 Å². The van der Waals surface area contributed by atoms with E-state index in [2.05, 4.69) is 28.9 Å². The fourth-order valence-corrected chi connectivity index (χ4v) is 7.83. The Hall–Kier alpha value is -4.63. The van der Waals surface area contributed by atoms with E-state index >= 15 is 0 Å². The first-order valence-corrected chi connectivity index (χ1v) is 16.1. The van der Waals surface area contributed by atoms with Crippen LogP contribution < -0.4 is 9.64 Å². The summed E-state index contributed by atoms with van der Waals surface area (Å²) in [6.45, 7) is 3.64. The van der Waals surface area contributed by atoms with Crippen LogP contribution in [0.25, 0.3) is 22.2 Å². The lowest BCUT2D eigenvalue weighted by Crippen LogP contribution is -2.32. The van der Waals surface area contributed by atoms with Gasteiger partial charge in [0, 0.05) is 21.0 Å². The fourth-order valence-electron chi connectivity index (χ4n) is 7.33. The molecule has 3 aromatic carbocycles. The monoisotopic (exact) mass is 678 g/mol. The van der Waals surface area contributed by atoms with Crippen molar-refractivity contribution in [3.05, 3.63) is 99.5 Å². The Balaban J connectivity index is 1.19. The van der Waals surface area contributed by atoms with Crippen molar-refractivity contribution < 1.29 is 28.7 Å². The van der Waals surface area contributed by atoms with Crippen LogP contribution in [-0.4, -0.2) is 42.3 Å². The number of halogens is 1. The molecule has 1 aliphatic heterocycles. The second kappa shape index (κ2) is 11.6. The van der Waals surface area contributed by atoms with Gasteiger partial charge in [0.25, 0.3) is 0 Å². The Labute approximate surface area is 274 Å². The molecule has 1 saturated carbocycles. The number of allylic oxidation sites excluding steroid dienone is 2. The van der Waals surface area contributed by atoms with Crippen LogP contribution in [0.5, 0.6) is 5.75 Å². The highest BCUT2D eigenvalue weighted by Crippen LogP contribution is 2.56. The number of hydrogen-bond acceptors (Lipinski definition) is 7. The first-order valence-electron chi connectivity index (χ1n) is 15.3. The molecule has 1 saturated heterocycles. The second-order valence-corrected chi connectivity index (χ2v) is 13.0. The van der Waals surface area contributed by atoms with E-state index in [1.807, 2.05) is 31.2 Å². The molecule has 4 aromatic rings. The number of ether oxygens (including phenoxy) is 2. The van der Waals surface area contributed by atoms with Gasteiger partial charge in [-0.05, 0) is 91.8 Å². The number of aryl methyl sites for hydroxylation is 1. The highest BCUT2D eigenvalue weighted by atomic mass is 79.9. The van der Waals surface area contributed by atoms with Crippen molar-refractivity contribution in [2.75, 3.05) is 18.6 Å². The Bertz CT molecular complexity index is 1970. The molecule has 0 N–H and O–H groups in total. The number of carbonyl (C=O) groups is 4. The molecular formula is C37H31BrN2O6. The number of fused-ring (bicyclic) bond motifs is 6. The number of carbonyl (C=O) groups excluding carboxylic acids is 4. The Morgan fingerprint density at radius 3 is 2.39 bits per heavy atom. The van der Waals surface area contributed by atoms with Gasteiger partial charge in [0.2, 0.25) is 11.8 Å². The van der Waals surface area contributed by atoms with Gasteiger partial charge in [-0.3, -0.25) is 19.3 Å². The molecule has 9 heteroatoms. The summed E-state index contributed by atoms with van der Waals surface area (Å²) < 4.78 is 11.5. The number of Topliss-reactive ketones (excluding diaryl/α,β-unsaturated/α-hetero) is 1. The summed E-state index contributed by atoms with van der Waals surface area (Å²) in [7, 11) is 1.55. The number of esters is 1. The average Bonchev–Trinajstić information content (AvgIpc) is 3.72. The number of benzene rings is 3. The molecule has 0 spiro atoms. The van der Waals surface area contributed by atoms with Crippen LogP contribution in [0.1, 0.15) is 46.5 Å². The number of pyridine rings is 1. The summed E-state index contributed by atoms with van der Waals surface area (Å²) in [6.07, 6.45) is 3.72. The Morgan fingerprint density at radius 2 is 1.70 bits per heavy atom. The molecular weight excluding hydrogens is 648 g/mol. The van der Waals surface area contributed by atoms with Crippen LogP contribution in [0.3, 0.4) is 0 Å². The molecule has 46 heavy (non-hydrogen) atoms. The SMILES string of the molecule is CCc1cc(Br)cc2c(C(=O)OCC(=O)c3ccc(OC)cc3)cc(-c3ccc(N4C(=O)C5C6C=C(C)C(C6)C5C4=O)cc3)nc12. The molecule has 8 nitrogen and oxygen atoms in total. The topological polar surface area (TPSA) is 103 Å². The molecule has 0 radical (unpaired) electrons. The zero-order chi connectivity index (χ0) is 32.3. The van der Waals surface area contributed by atoms with Crippen molar-refractivity contribution in [1.82, 2.24) is 4.98 Å². The number of imide groups is 1. The van der Waals surface area contributed by atoms with E-state index in [1.54, 1.807) is 49.6 Å². The van der Waals surface area contributed by atoms with Gasteiger partial charge in [0.05, 0.1) is 41.4 Å². The molecule has 4 atom stereocenters. The van der Waals surface area contributed by atoms with Gasteiger partial charge in [-0.2, -0.15) is 0 Å². The lowest BCUT2D eigenvalue weighted by molar-refractivity contribution is -0.123. The number of ketones is 1. The molecule has 2 aliphatic carbocycles. The predicted octanol–water partition coefficient (Wildman–Crippen LogP) is 6.98. The third-order valence-corrected chi connectivity index (χ3v) is 10.1. The van der Waals surface area contributed by atoms with Crippen LogP contribution in [-0.2, 0) is 20.7 Å². The second-order valence-electron chi connectivity index (χ2n) is 12.1. The normalized spacial score (nSPS) is 21.5. The minimum absolute atomic E-state index is 0.126. The molecule has 2 amide bonds. The van der Waals surface area contributed by atoms with Crippen LogP contribution in [0, 0.1) is 23.7 Å². The molecule has 2 bridgehead atoms. The van der Waals surface area contributed by atoms with Gasteiger partial charge in [-0.25, -0.2) is 9.78 Å². The summed E-state index contributed by atoms with van der Waals surface area (Å²) in [5.74, 6) is -0.893. The van der Waals surface area contributed by atoms with Crippen LogP contribution in [0.4, 0.5) is 5.69 Å². The number of anilines is 1. The van der Waals surface area contributed by atoms with E-state index in [-0.39, 0.29) is 46.8 Å². The van der Waals surface area contributed by atoms with Gasteiger partial charge >= 0.3 is 5.97 Å². The zero-order valence-electron chi connectivity index (χ0n) is 25.6. The van der Waals surface area contributed by atoms with Gasteiger partial charge in [-0.15, -0.1) is 0 Å². The third-order valence-electron chi connectivity index (χ3n) is 9.61. The van der Waals surface area contributed by atoms with Crippen LogP contribution >= 0.6 is 15.9 Å². The van der Waals surface area contributed by atoms with E-state index in [4.69, 9.17) is 14.5 Å². The number of amides is 2. The van der Waals surface area contributed by atoms with E-state index < -0.39 is 12.6 Å². The van der Waals surface area contributed by atoms with Gasteiger partial charge < -0.3 is 9.47 Å². The highest BCUT2D eigenvalue weighted by Gasteiger charge is 2.60. The molecule has 1 aromatic heterocycles. The number of nitrogens with zero attached hydrogens (tertiary/aromatic N) is 2. The quantitative estimate of drug-likeness (QED) is 0.0858. The summed E-state index contributed by atoms with van der Waals surface area (Å²) in [6, 6.07) is 19.2. The summed E-state index contributed by atoms with van der Waals surface area (Å²) in [4.78, 5) is 59.5. The van der Waals surface area contributed by atoms with Crippen molar-refractivity contribution in [3.8, 4) is 17.0 Å². The molecule has 4 unspecified atom stereocenters. The molecule has 2 heterocycles. The Kier molecular flexibility index (Phi) is 7.59. The van der Waals surface area contributed by atoms with E-state index in [9.17, 15) is 19.2 Å². The predicted molar refractivity (Wildman–Crippen MR) is 177 cm³/mol. The molecule has 7 rings (SSSR count). The van der Waals surface area contributed by atoms with E-state index in [0.29, 0.717) is 45.6 Å². The van der Waals surface area contributed by atoms with E-state index in [1.165, 1.54) is 10.5 Å². The Morgan fingerprint density at radius 1 is 0.978 bits per heavy atom. The lowest BCUT2D eigenvalue weighted by Gasteiger charge is -2.19. The fraction of sp³-hybridized carbons (Fsp3) is 0.270. The average molecular weight is 680 g/mol. The number of hydrogen-bond donors (Lipinski definition) is 0. The number of aromatic nitrogens is 1. The maximum atomic E-state index is 13.5. The van der Waals surface area contributed by atoms with Gasteiger partial charge in [0.15, 0.2) is 12.4 Å². The smallest absolute Gasteiger partial charge is 0.339 e. The molecule has 2 fully saturated rings. The van der Waals surface area contributed by atoms with Crippen molar-refractivity contribution in [2.45, 2.75) is 26.7 Å². The van der Waals surface area contributed by atoms with Crippen molar-refractivity contribution in [3.63, 3.8) is 0 Å². The van der Waals surface area contributed by atoms with E-state index in [0.717, 1.165) is 16.5 Å². The zero-order valence-corrected chi connectivity index (χ0v) is 27.2. The number of rotatable bonds is 8. The highest BCUT2D eigenvalue weighted by molar-refractivity contribution is 9.10. The maximum Gasteiger partial charge on any atom is 0.339 e. The van der Waals surface area contributed by atoms with Crippen molar-refractivity contribution in [1.29, 1.82) is 0 Å². The maximum absolute atomic E-state index is 13.5. The molecule has 3 aliphatic rings.